The van der Waals surface area contributed by atoms with Crippen LogP contribution in [0.15, 0.2) is 16.8 Å². The normalized spacial score (nSPS) is 18.8. The van der Waals surface area contributed by atoms with Crippen LogP contribution in [-0.2, 0) is 4.84 Å². The van der Waals surface area contributed by atoms with Crippen molar-refractivity contribution in [1.29, 1.82) is 0 Å². The SMILES string of the molecule is CCC(=NOC)C1=CCCCC1. The Kier molecular flexibility index (Phi) is 3.85. The molecule has 0 aromatic heterocycles. The van der Waals surface area contributed by atoms with Gasteiger partial charge in [-0.1, -0.05) is 18.2 Å². The Balaban J connectivity index is 2.64. The van der Waals surface area contributed by atoms with Gasteiger partial charge in [0, 0.05) is 0 Å². The molecule has 0 saturated heterocycles. The molecule has 0 unspecified atom stereocenters. The van der Waals surface area contributed by atoms with Crippen molar-refractivity contribution in [2.45, 2.75) is 39.0 Å². The molecule has 0 radical (unpaired) electrons. The Bertz CT molecular complexity index is 188. The maximum atomic E-state index is 4.80. The molecule has 0 spiro atoms. The number of rotatable bonds is 3. The van der Waals surface area contributed by atoms with Crippen molar-refractivity contribution in [3.8, 4) is 0 Å². The minimum Gasteiger partial charge on any atom is -0.399 e. The first-order chi connectivity index (χ1) is 5.88. The third kappa shape index (κ3) is 2.36. The summed E-state index contributed by atoms with van der Waals surface area (Å²) in [4.78, 5) is 4.80. The van der Waals surface area contributed by atoms with Gasteiger partial charge in [-0.15, -0.1) is 0 Å². The molecule has 0 atom stereocenters. The summed E-state index contributed by atoms with van der Waals surface area (Å²) >= 11 is 0. The van der Waals surface area contributed by atoms with E-state index in [-0.39, 0.29) is 0 Å². The summed E-state index contributed by atoms with van der Waals surface area (Å²) in [5.41, 5.74) is 2.52. The van der Waals surface area contributed by atoms with Crippen LogP contribution < -0.4 is 0 Å². The second-order valence-corrected chi connectivity index (χ2v) is 3.05. The van der Waals surface area contributed by atoms with Crippen molar-refractivity contribution in [2.75, 3.05) is 7.11 Å². The number of oxime groups is 1. The van der Waals surface area contributed by atoms with Crippen LogP contribution in [0, 0.1) is 0 Å². The molecule has 0 aromatic rings. The van der Waals surface area contributed by atoms with Gasteiger partial charge in [0.1, 0.15) is 7.11 Å². The van der Waals surface area contributed by atoms with E-state index in [2.05, 4.69) is 18.2 Å². The number of hydrogen-bond acceptors (Lipinski definition) is 2. The Morgan fingerprint density at radius 1 is 1.58 bits per heavy atom. The number of hydrogen-bond donors (Lipinski definition) is 0. The molecular weight excluding hydrogens is 150 g/mol. The lowest BCUT2D eigenvalue weighted by atomic mass is 9.95. The van der Waals surface area contributed by atoms with E-state index in [4.69, 9.17) is 4.84 Å². The van der Waals surface area contributed by atoms with Gasteiger partial charge in [-0.25, -0.2) is 0 Å². The Morgan fingerprint density at radius 2 is 2.42 bits per heavy atom. The monoisotopic (exact) mass is 167 g/mol. The quantitative estimate of drug-likeness (QED) is 0.468. The average molecular weight is 167 g/mol. The predicted octanol–water partition coefficient (Wildman–Crippen LogP) is 2.90. The number of allylic oxidation sites excluding steroid dienone is 2. The molecule has 0 bridgehead atoms. The molecule has 0 saturated carbocycles. The van der Waals surface area contributed by atoms with Gasteiger partial charge in [0.25, 0.3) is 0 Å². The highest BCUT2D eigenvalue weighted by atomic mass is 16.6. The molecule has 0 amide bonds. The Morgan fingerprint density at radius 3 is 2.92 bits per heavy atom. The highest BCUT2D eigenvalue weighted by Gasteiger charge is 2.08. The van der Waals surface area contributed by atoms with E-state index < -0.39 is 0 Å². The van der Waals surface area contributed by atoms with Crippen LogP contribution >= 0.6 is 0 Å². The lowest BCUT2D eigenvalue weighted by Gasteiger charge is -2.12. The van der Waals surface area contributed by atoms with Gasteiger partial charge >= 0.3 is 0 Å². The summed E-state index contributed by atoms with van der Waals surface area (Å²) in [6.45, 7) is 2.12. The van der Waals surface area contributed by atoms with Gasteiger partial charge in [-0.05, 0) is 37.7 Å². The van der Waals surface area contributed by atoms with Crippen molar-refractivity contribution in [3.63, 3.8) is 0 Å². The van der Waals surface area contributed by atoms with Crippen molar-refractivity contribution in [3.05, 3.63) is 11.6 Å². The zero-order valence-corrected chi connectivity index (χ0v) is 7.97. The Labute approximate surface area is 74.3 Å². The second-order valence-electron chi connectivity index (χ2n) is 3.05. The first-order valence-corrected chi connectivity index (χ1v) is 4.68. The summed E-state index contributed by atoms with van der Waals surface area (Å²) in [5.74, 6) is 0. The largest absolute Gasteiger partial charge is 0.399 e. The smallest absolute Gasteiger partial charge is 0.106 e. The molecule has 0 aromatic carbocycles. The highest BCUT2D eigenvalue weighted by Crippen LogP contribution is 2.19. The first-order valence-electron chi connectivity index (χ1n) is 4.68. The van der Waals surface area contributed by atoms with Crippen LogP contribution in [0.1, 0.15) is 39.0 Å². The van der Waals surface area contributed by atoms with Gasteiger partial charge in [0.15, 0.2) is 0 Å². The molecular formula is C10H17NO. The molecule has 0 aliphatic heterocycles. The molecule has 1 aliphatic carbocycles. The third-order valence-electron chi connectivity index (χ3n) is 2.20. The van der Waals surface area contributed by atoms with E-state index in [1.54, 1.807) is 7.11 Å². The highest BCUT2D eigenvalue weighted by molar-refractivity contribution is 5.99. The van der Waals surface area contributed by atoms with Crippen LogP contribution in [0.4, 0.5) is 0 Å². The fourth-order valence-corrected chi connectivity index (χ4v) is 1.56. The lowest BCUT2D eigenvalue weighted by molar-refractivity contribution is 0.212. The second kappa shape index (κ2) is 4.96. The van der Waals surface area contributed by atoms with E-state index in [0.29, 0.717) is 0 Å². The molecule has 1 rings (SSSR count). The van der Waals surface area contributed by atoms with Crippen molar-refractivity contribution >= 4 is 5.71 Å². The van der Waals surface area contributed by atoms with Crippen LogP contribution in [0.3, 0.4) is 0 Å². The molecule has 0 fully saturated rings. The zero-order chi connectivity index (χ0) is 8.81. The molecule has 68 valence electrons. The van der Waals surface area contributed by atoms with E-state index in [1.165, 1.54) is 31.3 Å². The lowest BCUT2D eigenvalue weighted by Crippen LogP contribution is -2.05. The molecule has 1 aliphatic rings. The summed E-state index contributed by atoms with van der Waals surface area (Å²) in [6.07, 6.45) is 8.28. The average Bonchev–Trinajstić information content (AvgIpc) is 2.15. The van der Waals surface area contributed by atoms with E-state index in [1.807, 2.05) is 0 Å². The van der Waals surface area contributed by atoms with Crippen molar-refractivity contribution in [2.24, 2.45) is 5.16 Å². The van der Waals surface area contributed by atoms with Crippen molar-refractivity contribution < 1.29 is 4.84 Å². The summed E-state index contributed by atoms with van der Waals surface area (Å²) in [7, 11) is 1.61. The standard InChI is InChI=1S/C10H17NO/c1-3-10(11-12-2)9-7-5-4-6-8-9/h7H,3-6,8H2,1-2H3. The van der Waals surface area contributed by atoms with Crippen LogP contribution in [0.2, 0.25) is 0 Å². The maximum Gasteiger partial charge on any atom is 0.106 e. The molecule has 0 heterocycles. The predicted molar refractivity (Wildman–Crippen MR) is 51.3 cm³/mol. The minimum atomic E-state index is 0.972. The summed E-state index contributed by atoms with van der Waals surface area (Å²) < 4.78 is 0. The molecule has 12 heavy (non-hydrogen) atoms. The fourth-order valence-electron chi connectivity index (χ4n) is 1.56. The van der Waals surface area contributed by atoms with Gasteiger partial charge in [0.2, 0.25) is 0 Å². The first kappa shape index (κ1) is 9.30. The van der Waals surface area contributed by atoms with Crippen LogP contribution in [-0.4, -0.2) is 12.8 Å². The van der Waals surface area contributed by atoms with E-state index in [9.17, 15) is 0 Å². The fraction of sp³-hybridized carbons (Fsp3) is 0.700. The van der Waals surface area contributed by atoms with Crippen LogP contribution in [0.25, 0.3) is 0 Å². The Hall–Kier alpha value is -0.790. The summed E-state index contributed by atoms with van der Waals surface area (Å²) in [5, 5.41) is 4.01. The third-order valence-corrected chi connectivity index (χ3v) is 2.20. The van der Waals surface area contributed by atoms with Gasteiger partial charge < -0.3 is 4.84 Å². The maximum absolute atomic E-state index is 4.80. The van der Waals surface area contributed by atoms with Gasteiger partial charge in [-0.3, -0.25) is 0 Å². The summed E-state index contributed by atoms with van der Waals surface area (Å²) in [6, 6.07) is 0. The molecule has 2 nitrogen and oxygen atoms in total. The van der Waals surface area contributed by atoms with E-state index in [0.717, 1.165) is 12.1 Å². The van der Waals surface area contributed by atoms with Gasteiger partial charge in [0.05, 0.1) is 5.71 Å². The van der Waals surface area contributed by atoms with E-state index >= 15 is 0 Å². The molecule has 0 N–H and O–H groups in total. The molecule has 2 heteroatoms. The minimum absolute atomic E-state index is 0.972. The van der Waals surface area contributed by atoms with Crippen molar-refractivity contribution in [1.82, 2.24) is 0 Å². The van der Waals surface area contributed by atoms with Crippen LogP contribution in [0.5, 0.6) is 0 Å². The van der Waals surface area contributed by atoms with Gasteiger partial charge in [-0.2, -0.15) is 0 Å². The number of nitrogens with zero attached hydrogens (tertiary/aromatic N) is 1. The topological polar surface area (TPSA) is 21.6 Å². The zero-order valence-electron chi connectivity index (χ0n) is 7.97.